The highest BCUT2D eigenvalue weighted by Crippen LogP contribution is 2.03. The molecule has 0 radical (unpaired) electrons. The number of aliphatic carboxylic acids is 1. The molecule has 0 saturated heterocycles. The topological polar surface area (TPSA) is 215 Å². The lowest BCUT2D eigenvalue weighted by molar-refractivity contribution is -0.138. The number of rotatable bonds is 12. The van der Waals surface area contributed by atoms with Crippen LogP contribution in [0.15, 0.2) is 4.99 Å². The summed E-state index contributed by atoms with van der Waals surface area (Å²) < 4.78 is 0. The van der Waals surface area contributed by atoms with Crippen LogP contribution in [0.3, 0.4) is 0 Å². The molecule has 0 aromatic rings. The predicted octanol–water partition coefficient (Wildman–Crippen LogP) is -2.79. The van der Waals surface area contributed by atoms with Gasteiger partial charge in [0.15, 0.2) is 5.96 Å². The zero-order valence-electron chi connectivity index (χ0n) is 16.4. The standard InChI is InChI=1S/C16H31N7O5/c1-8(2)12(17)15(28)23-10(5-4-6-20-16(18)19)14(27)22-9(3)13(26)21-7-11(24)25/h8-10,12H,4-7,17H2,1-3H3,(H,21,26)(H,22,27)(H,23,28)(H,24,25)(H4,18,19,20). The molecule has 160 valence electrons. The van der Waals surface area contributed by atoms with E-state index in [4.69, 9.17) is 22.3 Å². The maximum Gasteiger partial charge on any atom is 0.322 e. The highest BCUT2D eigenvalue weighted by Gasteiger charge is 2.27. The molecule has 0 aliphatic rings. The van der Waals surface area contributed by atoms with Crippen LogP contribution in [-0.4, -0.2) is 66.0 Å². The lowest BCUT2D eigenvalue weighted by atomic mass is 10.0. The van der Waals surface area contributed by atoms with E-state index in [1.54, 1.807) is 13.8 Å². The Morgan fingerprint density at radius 2 is 1.61 bits per heavy atom. The van der Waals surface area contributed by atoms with Crippen molar-refractivity contribution < 1.29 is 24.3 Å². The summed E-state index contributed by atoms with van der Waals surface area (Å²) in [7, 11) is 0. The van der Waals surface area contributed by atoms with E-state index in [1.165, 1.54) is 6.92 Å². The first kappa shape index (κ1) is 25.1. The summed E-state index contributed by atoms with van der Waals surface area (Å²) in [5.74, 6) is -3.20. The van der Waals surface area contributed by atoms with E-state index in [1.807, 2.05) is 0 Å². The number of nitrogens with zero attached hydrogens (tertiary/aromatic N) is 1. The van der Waals surface area contributed by atoms with Crippen LogP contribution in [0.4, 0.5) is 0 Å². The first-order valence-electron chi connectivity index (χ1n) is 8.86. The lowest BCUT2D eigenvalue weighted by Crippen LogP contribution is -2.56. The first-order valence-corrected chi connectivity index (χ1v) is 8.86. The second-order valence-electron chi connectivity index (χ2n) is 6.62. The molecule has 0 heterocycles. The van der Waals surface area contributed by atoms with Gasteiger partial charge < -0.3 is 38.3 Å². The predicted molar refractivity (Wildman–Crippen MR) is 103 cm³/mol. The molecule has 10 N–H and O–H groups in total. The van der Waals surface area contributed by atoms with Crippen LogP contribution < -0.4 is 33.2 Å². The van der Waals surface area contributed by atoms with Crippen LogP contribution in [0.2, 0.25) is 0 Å². The van der Waals surface area contributed by atoms with Gasteiger partial charge in [-0.1, -0.05) is 13.8 Å². The molecule has 0 spiro atoms. The molecule has 0 saturated carbocycles. The van der Waals surface area contributed by atoms with Gasteiger partial charge in [-0.05, 0) is 25.7 Å². The Hall–Kier alpha value is -2.89. The van der Waals surface area contributed by atoms with Gasteiger partial charge in [-0.3, -0.25) is 24.2 Å². The molecule has 0 aromatic heterocycles. The highest BCUT2D eigenvalue weighted by atomic mass is 16.4. The normalized spacial score (nSPS) is 13.8. The van der Waals surface area contributed by atoms with Gasteiger partial charge in [0.05, 0.1) is 6.04 Å². The maximum absolute atomic E-state index is 12.5. The van der Waals surface area contributed by atoms with E-state index in [0.29, 0.717) is 6.42 Å². The SMILES string of the molecule is CC(NC(=O)C(CCCN=C(N)N)NC(=O)C(N)C(C)C)C(=O)NCC(=O)O. The van der Waals surface area contributed by atoms with Crippen LogP contribution in [0.5, 0.6) is 0 Å². The Balaban J connectivity index is 4.96. The Kier molecular flexibility index (Phi) is 11.2. The molecule has 3 amide bonds. The van der Waals surface area contributed by atoms with Gasteiger partial charge in [0.2, 0.25) is 17.7 Å². The quantitative estimate of drug-likeness (QED) is 0.103. The number of nitrogens with one attached hydrogen (secondary N) is 3. The smallest absolute Gasteiger partial charge is 0.322 e. The van der Waals surface area contributed by atoms with Crippen molar-refractivity contribution in [2.75, 3.05) is 13.1 Å². The molecule has 0 fully saturated rings. The number of nitrogens with two attached hydrogens (primary N) is 3. The molecule has 0 aromatic carbocycles. The Morgan fingerprint density at radius 1 is 1.00 bits per heavy atom. The summed E-state index contributed by atoms with van der Waals surface area (Å²) in [6, 6.07) is -2.76. The van der Waals surface area contributed by atoms with Crippen LogP contribution in [0, 0.1) is 5.92 Å². The first-order chi connectivity index (χ1) is 13.0. The van der Waals surface area contributed by atoms with E-state index in [-0.39, 0.29) is 24.8 Å². The van der Waals surface area contributed by atoms with Crippen LogP contribution >= 0.6 is 0 Å². The minimum absolute atomic E-state index is 0.0874. The molecule has 28 heavy (non-hydrogen) atoms. The average molecular weight is 401 g/mol. The molecule has 3 unspecified atom stereocenters. The number of carboxylic acids is 1. The van der Waals surface area contributed by atoms with Gasteiger partial charge in [-0.25, -0.2) is 0 Å². The summed E-state index contributed by atoms with van der Waals surface area (Å²) >= 11 is 0. The summed E-state index contributed by atoms with van der Waals surface area (Å²) in [6.45, 7) is 4.63. The van der Waals surface area contributed by atoms with Crippen LogP contribution in [0.1, 0.15) is 33.6 Å². The number of hydrogen-bond donors (Lipinski definition) is 7. The fourth-order valence-electron chi connectivity index (χ4n) is 2.04. The molecule has 0 rings (SSSR count). The van der Waals surface area contributed by atoms with E-state index in [9.17, 15) is 19.2 Å². The van der Waals surface area contributed by atoms with Crippen molar-refractivity contribution >= 4 is 29.7 Å². The second-order valence-corrected chi connectivity index (χ2v) is 6.62. The Morgan fingerprint density at radius 3 is 2.11 bits per heavy atom. The van der Waals surface area contributed by atoms with Crippen LogP contribution in [-0.2, 0) is 19.2 Å². The monoisotopic (exact) mass is 401 g/mol. The number of amides is 3. The molecule has 3 atom stereocenters. The maximum atomic E-state index is 12.5. The molecule has 12 heteroatoms. The molecule has 0 aliphatic heterocycles. The molecule has 12 nitrogen and oxygen atoms in total. The summed E-state index contributed by atoms with van der Waals surface area (Å²) in [5, 5.41) is 15.7. The van der Waals surface area contributed by atoms with Gasteiger partial charge in [-0.2, -0.15) is 0 Å². The largest absolute Gasteiger partial charge is 0.480 e. The number of guanidine groups is 1. The summed E-state index contributed by atoms with van der Waals surface area (Å²) in [6.07, 6.45) is 0.607. The van der Waals surface area contributed by atoms with E-state index in [2.05, 4.69) is 20.9 Å². The fraction of sp³-hybridized carbons (Fsp3) is 0.688. The average Bonchev–Trinajstić information content (AvgIpc) is 2.60. The number of aliphatic imine (C=N–C) groups is 1. The van der Waals surface area contributed by atoms with Crippen molar-refractivity contribution in [1.82, 2.24) is 16.0 Å². The van der Waals surface area contributed by atoms with Gasteiger partial charge in [0, 0.05) is 6.54 Å². The number of carbonyl (C=O) groups excluding carboxylic acids is 3. The van der Waals surface area contributed by atoms with Crippen molar-refractivity contribution in [3.8, 4) is 0 Å². The van der Waals surface area contributed by atoms with Gasteiger partial charge >= 0.3 is 5.97 Å². The number of carbonyl (C=O) groups is 4. The number of carboxylic acid groups (broad SMARTS) is 1. The Bertz CT molecular complexity index is 590. The van der Waals surface area contributed by atoms with Gasteiger partial charge in [0.1, 0.15) is 18.6 Å². The molecular formula is C16H31N7O5. The van der Waals surface area contributed by atoms with E-state index >= 15 is 0 Å². The lowest BCUT2D eigenvalue weighted by Gasteiger charge is -2.23. The highest BCUT2D eigenvalue weighted by molar-refractivity contribution is 5.93. The second kappa shape index (κ2) is 12.5. The number of hydrogen-bond acceptors (Lipinski definition) is 6. The van der Waals surface area contributed by atoms with E-state index < -0.39 is 48.4 Å². The van der Waals surface area contributed by atoms with Gasteiger partial charge in [0.25, 0.3) is 0 Å². The van der Waals surface area contributed by atoms with Crippen molar-refractivity contribution in [1.29, 1.82) is 0 Å². The third-order valence-corrected chi connectivity index (χ3v) is 3.77. The zero-order chi connectivity index (χ0) is 21.9. The minimum Gasteiger partial charge on any atom is -0.480 e. The summed E-state index contributed by atoms with van der Waals surface area (Å²) in [5.41, 5.74) is 16.3. The van der Waals surface area contributed by atoms with Crippen molar-refractivity contribution in [3.05, 3.63) is 0 Å². The van der Waals surface area contributed by atoms with Gasteiger partial charge in [-0.15, -0.1) is 0 Å². The molecule has 0 aliphatic carbocycles. The van der Waals surface area contributed by atoms with E-state index in [0.717, 1.165) is 0 Å². The van der Waals surface area contributed by atoms with Crippen LogP contribution in [0.25, 0.3) is 0 Å². The fourth-order valence-corrected chi connectivity index (χ4v) is 2.04. The van der Waals surface area contributed by atoms with Crippen molar-refractivity contribution in [2.24, 2.45) is 28.1 Å². The minimum atomic E-state index is -1.21. The third kappa shape index (κ3) is 10.3. The zero-order valence-corrected chi connectivity index (χ0v) is 16.4. The summed E-state index contributed by atoms with van der Waals surface area (Å²) in [4.78, 5) is 50.8. The Labute approximate surface area is 163 Å². The molecule has 0 bridgehead atoms. The third-order valence-electron chi connectivity index (χ3n) is 3.77. The molecular weight excluding hydrogens is 370 g/mol. The van der Waals surface area contributed by atoms with Crippen molar-refractivity contribution in [3.63, 3.8) is 0 Å². The van der Waals surface area contributed by atoms with Crippen molar-refractivity contribution in [2.45, 2.75) is 51.7 Å².